The molecule has 1 N–H and O–H groups in total. The predicted octanol–water partition coefficient (Wildman–Crippen LogP) is 1.61. The van der Waals surface area contributed by atoms with E-state index < -0.39 is 10.0 Å². The third kappa shape index (κ3) is 3.25. The number of sulfonamides is 1. The lowest BCUT2D eigenvalue weighted by molar-refractivity contribution is -0.131. The number of nitrogens with zero attached hydrogens (tertiary/aromatic N) is 2. The summed E-state index contributed by atoms with van der Waals surface area (Å²) in [5, 5.41) is 0. The van der Waals surface area contributed by atoms with Crippen molar-refractivity contribution in [1.82, 2.24) is 9.47 Å². The van der Waals surface area contributed by atoms with Gasteiger partial charge in [0.05, 0.1) is 4.90 Å². The number of pyridine rings is 1. The van der Waals surface area contributed by atoms with Gasteiger partial charge in [0.25, 0.3) is 15.6 Å². The number of benzene rings is 1. The summed E-state index contributed by atoms with van der Waals surface area (Å²) in [5.74, 6) is 0.362. The van der Waals surface area contributed by atoms with Crippen LogP contribution in [-0.4, -0.2) is 36.9 Å². The Morgan fingerprint density at radius 3 is 2.52 bits per heavy atom. The molecule has 1 fully saturated rings. The van der Waals surface area contributed by atoms with Gasteiger partial charge >= 0.3 is 0 Å². The normalized spacial score (nSPS) is 21.4. The number of hydrogen-bond donors (Lipinski definition) is 1. The molecule has 8 heteroatoms. The van der Waals surface area contributed by atoms with Crippen LogP contribution in [-0.2, 0) is 21.4 Å². The second kappa shape index (κ2) is 6.53. The first kappa shape index (κ1) is 17.8. The van der Waals surface area contributed by atoms with Gasteiger partial charge in [-0.05, 0) is 36.6 Å². The van der Waals surface area contributed by atoms with Gasteiger partial charge in [-0.3, -0.25) is 14.3 Å². The van der Waals surface area contributed by atoms with Crippen LogP contribution in [0.5, 0.6) is 0 Å². The Balaban J connectivity index is 1.67. The number of anilines is 1. The van der Waals surface area contributed by atoms with E-state index in [1.165, 1.54) is 18.2 Å². The molecule has 1 aromatic heterocycles. The Morgan fingerprint density at radius 2 is 1.81 bits per heavy atom. The summed E-state index contributed by atoms with van der Waals surface area (Å²) < 4.78 is 29.2. The Bertz CT molecular complexity index is 1050. The molecule has 3 heterocycles. The van der Waals surface area contributed by atoms with Gasteiger partial charge in [-0.15, -0.1) is 0 Å². The zero-order valence-electron chi connectivity index (χ0n) is 15.0. The van der Waals surface area contributed by atoms with Crippen LogP contribution in [0.25, 0.3) is 0 Å². The Labute approximate surface area is 157 Å². The van der Waals surface area contributed by atoms with Gasteiger partial charge in [0, 0.05) is 38.2 Å². The predicted molar refractivity (Wildman–Crippen MR) is 101 cm³/mol. The van der Waals surface area contributed by atoms with Crippen LogP contribution in [0.1, 0.15) is 25.0 Å². The molecule has 2 atom stereocenters. The molecule has 0 radical (unpaired) electrons. The van der Waals surface area contributed by atoms with Crippen LogP contribution in [0.4, 0.5) is 5.69 Å². The highest BCUT2D eigenvalue weighted by Gasteiger charge is 2.36. The minimum Gasteiger partial charge on any atom is -0.342 e. The van der Waals surface area contributed by atoms with Crippen LogP contribution in [0, 0.1) is 5.92 Å². The molecule has 0 saturated carbocycles. The van der Waals surface area contributed by atoms with E-state index in [1.807, 2.05) is 4.90 Å². The van der Waals surface area contributed by atoms with Crippen molar-refractivity contribution in [1.29, 1.82) is 0 Å². The fourth-order valence-electron chi connectivity index (χ4n) is 4.08. The first-order chi connectivity index (χ1) is 12.8. The van der Waals surface area contributed by atoms with Crippen LogP contribution < -0.4 is 10.3 Å². The average Bonchev–Trinajstić information content (AvgIpc) is 2.65. The third-order valence-corrected chi connectivity index (χ3v) is 6.73. The summed E-state index contributed by atoms with van der Waals surface area (Å²) in [6.07, 6.45) is 0.943. The summed E-state index contributed by atoms with van der Waals surface area (Å²) in [5.41, 5.74) is 0.578. The van der Waals surface area contributed by atoms with Crippen molar-refractivity contribution in [2.45, 2.75) is 30.7 Å². The number of rotatable bonds is 3. The SMILES string of the molecule is CC(=O)N1CC2CC(C1)c1ccc(NS(=O)(=O)c3ccccc3)c(=O)n1C2. The van der Waals surface area contributed by atoms with Gasteiger partial charge in [0.2, 0.25) is 5.91 Å². The molecule has 2 aliphatic heterocycles. The summed E-state index contributed by atoms with van der Waals surface area (Å²) in [6.45, 7) is 3.29. The van der Waals surface area contributed by atoms with Crippen LogP contribution >= 0.6 is 0 Å². The Kier molecular flexibility index (Phi) is 4.30. The molecule has 1 saturated heterocycles. The molecule has 7 nitrogen and oxygen atoms in total. The molecule has 2 bridgehead atoms. The van der Waals surface area contributed by atoms with Gasteiger partial charge in [-0.2, -0.15) is 0 Å². The molecule has 27 heavy (non-hydrogen) atoms. The smallest absolute Gasteiger partial charge is 0.275 e. The first-order valence-electron chi connectivity index (χ1n) is 8.92. The highest BCUT2D eigenvalue weighted by atomic mass is 32.2. The fourth-order valence-corrected chi connectivity index (χ4v) is 5.16. The average molecular weight is 387 g/mol. The topological polar surface area (TPSA) is 88.5 Å². The van der Waals surface area contributed by atoms with Crippen molar-refractivity contribution in [3.63, 3.8) is 0 Å². The number of amides is 1. The van der Waals surface area contributed by atoms with Crippen molar-refractivity contribution in [2.75, 3.05) is 17.8 Å². The number of likely N-dealkylation sites (tertiary alicyclic amines) is 1. The maximum Gasteiger partial charge on any atom is 0.275 e. The van der Waals surface area contributed by atoms with Gasteiger partial charge in [-0.25, -0.2) is 8.42 Å². The number of hydrogen-bond acceptors (Lipinski definition) is 4. The van der Waals surface area contributed by atoms with E-state index in [-0.39, 0.29) is 33.9 Å². The lowest BCUT2D eigenvalue weighted by atomic mass is 9.83. The van der Waals surface area contributed by atoms with Gasteiger partial charge in [0.15, 0.2) is 0 Å². The van der Waals surface area contributed by atoms with E-state index in [1.54, 1.807) is 35.8 Å². The monoisotopic (exact) mass is 387 g/mol. The zero-order valence-corrected chi connectivity index (χ0v) is 15.8. The van der Waals surface area contributed by atoms with Crippen molar-refractivity contribution >= 4 is 21.6 Å². The Morgan fingerprint density at radius 1 is 1.07 bits per heavy atom. The fraction of sp³-hybridized carbons (Fsp3) is 0.368. The van der Waals surface area contributed by atoms with Crippen molar-refractivity contribution < 1.29 is 13.2 Å². The van der Waals surface area contributed by atoms with Crippen molar-refractivity contribution in [3.05, 3.63) is 58.5 Å². The molecular formula is C19H21N3O4S. The molecule has 4 rings (SSSR count). The maximum atomic E-state index is 12.9. The van der Waals surface area contributed by atoms with Gasteiger partial charge in [0.1, 0.15) is 5.69 Å². The second-order valence-corrected chi connectivity index (χ2v) is 8.91. The minimum atomic E-state index is -3.82. The Hall–Kier alpha value is -2.61. The molecule has 0 spiro atoms. The number of carbonyl (C=O) groups excluding carboxylic acids is 1. The van der Waals surface area contributed by atoms with E-state index in [4.69, 9.17) is 0 Å². The van der Waals surface area contributed by atoms with E-state index in [9.17, 15) is 18.0 Å². The third-order valence-electron chi connectivity index (χ3n) is 5.35. The summed E-state index contributed by atoms with van der Waals surface area (Å²) in [4.78, 5) is 26.6. The zero-order chi connectivity index (χ0) is 19.2. The van der Waals surface area contributed by atoms with Crippen LogP contribution in [0.2, 0.25) is 0 Å². The van der Waals surface area contributed by atoms with Gasteiger partial charge < -0.3 is 9.47 Å². The van der Waals surface area contributed by atoms with Crippen molar-refractivity contribution in [2.24, 2.45) is 5.92 Å². The molecule has 2 aliphatic rings. The molecular weight excluding hydrogens is 366 g/mol. The number of piperidine rings is 1. The van der Waals surface area contributed by atoms with E-state index >= 15 is 0 Å². The molecule has 142 valence electrons. The van der Waals surface area contributed by atoms with E-state index in [2.05, 4.69) is 4.72 Å². The number of aromatic nitrogens is 1. The number of nitrogens with one attached hydrogen (secondary N) is 1. The molecule has 0 aliphatic carbocycles. The van der Waals surface area contributed by atoms with Crippen molar-refractivity contribution in [3.8, 4) is 0 Å². The maximum absolute atomic E-state index is 12.9. The minimum absolute atomic E-state index is 0.0472. The summed E-state index contributed by atoms with van der Waals surface area (Å²) in [6, 6.07) is 11.3. The molecule has 2 aromatic rings. The lowest BCUT2D eigenvalue weighted by Crippen LogP contribution is -2.48. The first-order valence-corrected chi connectivity index (χ1v) is 10.4. The standard InChI is InChI=1S/C19H21N3O4S/c1-13(23)21-10-14-9-15(12-21)18-8-7-17(19(24)22(18)11-14)20-27(25,26)16-5-3-2-4-6-16/h2-8,14-15,20H,9-12H2,1H3. The summed E-state index contributed by atoms with van der Waals surface area (Å²) >= 11 is 0. The second-order valence-electron chi connectivity index (χ2n) is 7.23. The largest absolute Gasteiger partial charge is 0.342 e. The molecule has 2 unspecified atom stereocenters. The summed E-state index contributed by atoms with van der Waals surface area (Å²) in [7, 11) is -3.82. The number of fused-ring (bicyclic) bond motifs is 4. The van der Waals surface area contributed by atoms with Gasteiger partial charge in [-0.1, -0.05) is 18.2 Å². The van der Waals surface area contributed by atoms with Crippen LogP contribution in [0.15, 0.2) is 52.2 Å². The highest BCUT2D eigenvalue weighted by Crippen LogP contribution is 2.35. The number of carbonyl (C=O) groups is 1. The van der Waals surface area contributed by atoms with E-state index in [0.717, 1.165) is 12.1 Å². The van der Waals surface area contributed by atoms with E-state index in [0.29, 0.717) is 19.6 Å². The van der Waals surface area contributed by atoms with Crippen LogP contribution in [0.3, 0.4) is 0 Å². The highest BCUT2D eigenvalue weighted by molar-refractivity contribution is 7.92. The molecule has 1 aromatic carbocycles. The molecule has 1 amide bonds. The lowest BCUT2D eigenvalue weighted by Gasteiger charge is -2.42. The quantitative estimate of drug-likeness (QED) is 0.867.